The summed E-state index contributed by atoms with van der Waals surface area (Å²) in [7, 11) is 0. The van der Waals surface area contributed by atoms with Crippen molar-refractivity contribution in [2.45, 2.75) is 6.61 Å². The van der Waals surface area contributed by atoms with E-state index >= 15 is 0 Å². The minimum Gasteiger partial charge on any atom is -0.489 e. The van der Waals surface area contributed by atoms with Gasteiger partial charge in [0.25, 0.3) is 0 Å². The van der Waals surface area contributed by atoms with Crippen molar-refractivity contribution in [3.63, 3.8) is 0 Å². The van der Waals surface area contributed by atoms with Gasteiger partial charge in [0.1, 0.15) is 18.2 Å². The molecule has 0 unspecified atom stereocenters. The highest BCUT2D eigenvalue weighted by molar-refractivity contribution is 5.79. The summed E-state index contributed by atoms with van der Waals surface area (Å²) < 4.78 is 18.9. The van der Waals surface area contributed by atoms with E-state index in [4.69, 9.17) is 10.6 Å². The molecule has 2 N–H and O–H groups in total. The molecule has 0 aliphatic heterocycles. The average Bonchev–Trinajstić information content (AvgIpc) is 2.39. The lowest BCUT2D eigenvalue weighted by Crippen LogP contribution is -1.98. The molecule has 3 nitrogen and oxygen atoms in total. The fourth-order valence-electron chi connectivity index (χ4n) is 1.55. The van der Waals surface area contributed by atoms with Crippen molar-refractivity contribution in [3.8, 4) is 5.75 Å². The predicted molar refractivity (Wildman–Crippen MR) is 69.0 cm³/mol. The van der Waals surface area contributed by atoms with Gasteiger partial charge in [-0.1, -0.05) is 30.3 Å². The first kappa shape index (κ1) is 12.1. The number of nitrogens with zero attached hydrogens (tertiary/aromatic N) is 1. The van der Waals surface area contributed by atoms with Crippen LogP contribution in [0.2, 0.25) is 0 Å². The van der Waals surface area contributed by atoms with Crippen LogP contribution in [0.25, 0.3) is 0 Å². The molecule has 0 heterocycles. The zero-order chi connectivity index (χ0) is 12.8. The topological polar surface area (TPSA) is 47.6 Å². The molecule has 2 aromatic carbocycles. The molecule has 0 aliphatic carbocycles. The summed E-state index contributed by atoms with van der Waals surface area (Å²) in [6, 6.07) is 13.8. The highest BCUT2D eigenvalue weighted by Gasteiger charge is 2.01. The molecule has 18 heavy (non-hydrogen) atoms. The van der Waals surface area contributed by atoms with E-state index in [1.54, 1.807) is 30.3 Å². The first-order valence-corrected chi connectivity index (χ1v) is 5.49. The molecular formula is C14H13FN2O. The van der Waals surface area contributed by atoms with Gasteiger partial charge in [0, 0.05) is 5.56 Å². The molecule has 0 aliphatic rings. The van der Waals surface area contributed by atoms with Gasteiger partial charge >= 0.3 is 0 Å². The first-order valence-electron chi connectivity index (χ1n) is 5.49. The second-order valence-corrected chi connectivity index (χ2v) is 3.73. The number of rotatable bonds is 4. The van der Waals surface area contributed by atoms with Gasteiger partial charge in [-0.15, -0.1) is 0 Å². The monoisotopic (exact) mass is 244 g/mol. The maximum Gasteiger partial charge on any atom is 0.129 e. The Morgan fingerprint density at radius 3 is 2.78 bits per heavy atom. The fourth-order valence-corrected chi connectivity index (χ4v) is 1.55. The number of nitrogens with two attached hydrogens (primary N) is 1. The van der Waals surface area contributed by atoms with Gasteiger partial charge in [0.15, 0.2) is 0 Å². The van der Waals surface area contributed by atoms with Crippen molar-refractivity contribution in [1.82, 2.24) is 0 Å². The zero-order valence-corrected chi connectivity index (χ0v) is 9.71. The van der Waals surface area contributed by atoms with E-state index in [-0.39, 0.29) is 12.4 Å². The summed E-state index contributed by atoms with van der Waals surface area (Å²) in [4.78, 5) is 0. The lowest BCUT2D eigenvalue weighted by Gasteiger charge is -2.07. The van der Waals surface area contributed by atoms with Crippen LogP contribution >= 0.6 is 0 Å². The maximum atomic E-state index is 13.4. The molecule has 0 saturated carbocycles. The maximum absolute atomic E-state index is 13.4. The summed E-state index contributed by atoms with van der Waals surface area (Å²) in [6.45, 7) is 0.190. The second-order valence-electron chi connectivity index (χ2n) is 3.73. The van der Waals surface area contributed by atoms with E-state index in [1.165, 1.54) is 12.3 Å². The molecule has 4 heteroatoms. The third-order valence-corrected chi connectivity index (χ3v) is 2.43. The van der Waals surface area contributed by atoms with Crippen LogP contribution in [0.1, 0.15) is 11.1 Å². The van der Waals surface area contributed by atoms with Crippen LogP contribution in [0.4, 0.5) is 4.39 Å². The smallest absolute Gasteiger partial charge is 0.129 e. The van der Waals surface area contributed by atoms with Crippen LogP contribution < -0.4 is 10.6 Å². The molecule has 0 spiro atoms. The molecule has 92 valence electrons. The minimum absolute atomic E-state index is 0.190. The van der Waals surface area contributed by atoms with Gasteiger partial charge in [-0.25, -0.2) is 4.39 Å². The van der Waals surface area contributed by atoms with E-state index in [9.17, 15) is 4.39 Å². The number of hydrogen-bond acceptors (Lipinski definition) is 3. The molecule has 2 rings (SSSR count). The Labute approximate surface area is 105 Å². The molecule has 0 bridgehead atoms. The lowest BCUT2D eigenvalue weighted by molar-refractivity contribution is 0.300. The highest BCUT2D eigenvalue weighted by Crippen LogP contribution is 2.15. The predicted octanol–water partition coefficient (Wildman–Crippen LogP) is 2.70. The van der Waals surface area contributed by atoms with E-state index in [0.29, 0.717) is 11.3 Å². The minimum atomic E-state index is -0.267. The van der Waals surface area contributed by atoms with Crippen LogP contribution in [-0.4, -0.2) is 6.21 Å². The molecule has 0 amide bonds. The molecule has 0 aromatic heterocycles. The van der Waals surface area contributed by atoms with Crippen LogP contribution in [0.3, 0.4) is 0 Å². The standard InChI is InChI=1S/C14H13FN2O/c15-14-7-2-1-5-12(14)10-18-13-6-3-4-11(8-13)9-17-16/h1-9H,10,16H2. The van der Waals surface area contributed by atoms with Crippen molar-refractivity contribution in [2.75, 3.05) is 0 Å². The van der Waals surface area contributed by atoms with Gasteiger partial charge in [-0.3, -0.25) is 0 Å². The Bertz CT molecular complexity index is 555. The molecule has 0 radical (unpaired) electrons. The van der Waals surface area contributed by atoms with Crippen molar-refractivity contribution in [1.29, 1.82) is 0 Å². The molecular weight excluding hydrogens is 231 g/mol. The number of benzene rings is 2. The number of halogens is 1. The van der Waals surface area contributed by atoms with Gasteiger partial charge in [0.05, 0.1) is 6.21 Å². The van der Waals surface area contributed by atoms with Gasteiger partial charge < -0.3 is 10.6 Å². The summed E-state index contributed by atoms with van der Waals surface area (Å²) >= 11 is 0. The Morgan fingerprint density at radius 2 is 2.00 bits per heavy atom. The van der Waals surface area contributed by atoms with Crippen molar-refractivity contribution < 1.29 is 9.13 Å². The van der Waals surface area contributed by atoms with Crippen LogP contribution in [0.5, 0.6) is 5.75 Å². The molecule has 0 saturated heterocycles. The summed E-state index contributed by atoms with van der Waals surface area (Å²) in [5.41, 5.74) is 1.36. The largest absolute Gasteiger partial charge is 0.489 e. The Kier molecular flexibility index (Phi) is 3.91. The van der Waals surface area contributed by atoms with E-state index in [1.807, 2.05) is 12.1 Å². The summed E-state index contributed by atoms with van der Waals surface area (Å²) in [6.07, 6.45) is 1.52. The quantitative estimate of drug-likeness (QED) is 0.510. The Balaban J connectivity index is 2.06. The van der Waals surface area contributed by atoms with Crippen molar-refractivity contribution in [2.24, 2.45) is 10.9 Å². The van der Waals surface area contributed by atoms with Gasteiger partial charge in [-0.05, 0) is 23.8 Å². The summed E-state index contributed by atoms with van der Waals surface area (Å²) in [5, 5.41) is 3.44. The fraction of sp³-hybridized carbons (Fsp3) is 0.0714. The normalized spacial score (nSPS) is 10.7. The van der Waals surface area contributed by atoms with Crippen molar-refractivity contribution >= 4 is 6.21 Å². The number of ether oxygens (including phenoxy) is 1. The van der Waals surface area contributed by atoms with E-state index in [0.717, 1.165) is 5.56 Å². The van der Waals surface area contributed by atoms with E-state index < -0.39 is 0 Å². The number of hydrazone groups is 1. The number of hydrogen-bond donors (Lipinski definition) is 1. The van der Waals surface area contributed by atoms with Gasteiger partial charge in [0.2, 0.25) is 0 Å². The Morgan fingerprint density at radius 1 is 1.17 bits per heavy atom. The molecule has 2 aromatic rings. The Hall–Kier alpha value is -2.36. The molecule has 0 atom stereocenters. The zero-order valence-electron chi connectivity index (χ0n) is 9.71. The second kappa shape index (κ2) is 5.82. The lowest BCUT2D eigenvalue weighted by atomic mass is 10.2. The highest BCUT2D eigenvalue weighted by atomic mass is 19.1. The van der Waals surface area contributed by atoms with Crippen molar-refractivity contribution in [3.05, 3.63) is 65.5 Å². The van der Waals surface area contributed by atoms with Crippen LogP contribution in [-0.2, 0) is 6.61 Å². The van der Waals surface area contributed by atoms with Crippen LogP contribution in [0.15, 0.2) is 53.6 Å². The van der Waals surface area contributed by atoms with Crippen LogP contribution in [0, 0.1) is 5.82 Å². The first-order chi connectivity index (χ1) is 8.79. The SMILES string of the molecule is NN=Cc1cccc(OCc2ccccc2F)c1. The molecule has 0 fully saturated rings. The van der Waals surface area contributed by atoms with Gasteiger partial charge in [-0.2, -0.15) is 5.10 Å². The third-order valence-electron chi connectivity index (χ3n) is 2.43. The van der Waals surface area contributed by atoms with E-state index in [2.05, 4.69) is 5.10 Å². The average molecular weight is 244 g/mol. The third kappa shape index (κ3) is 3.07. The summed E-state index contributed by atoms with van der Waals surface area (Å²) in [5.74, 6) is 5.46.